The Morgan fingerprint density at radius 1 is 1.48 bits per heavy atom. The highest BCUT2D eigenvalue weighted by Gasteiger charge is 2.32. The fraction of sp³-hybridized carbons (Fsp3) is 0.562. The second-order valence-electron chi connectivity index (χ2n) is 6.10. The van der Waals surface area contributed by atoms with Crippen LogP contribution in [-0.4, -0.2) is 45.7 Å². The molecule has 2 aromatic rings. The summed E-state index contributed by atoms with van der Waals surface area (Å²) in [6.45, 7) is 5.54. The molecule has 1 aliphatic heterocycles. The topological polar surface area (TPSA) is 54.3 Å². The second-order valence-corrected chi connectivity index (χ2v) is 6.98. The van der Waals surface area contributed by atoms with Crippen molar-refractivity contribution >= 4 is 22.4 Å². The fourth-order valence-electron chi connectivity index (χ4n) is 3.38. The summed E-state index contributed by atoms with van der Waals surface area (Å²) < 4.78 is 1.94. The molecule has 1 amide bonds. The van der Waals surface area contributed by atoms with Crippen molar-refractivity contribution < 1.29 is 4.79 Å². The molecule has 124 valence electrons. The van der Waals surface area contributed by atoms with E-state index in [1.807, 2.05) is 17.1 Å². The van der Waals surface area contributed by atoms with Crippen molar-refractivity contribution in [3.05, 3.63) is 28.5 Å². The van der Waals surface area contributed by atoms with Gasteiger partial charge in [-0.25, -0.2) is 4.98 Å². The van der Waals surface area contributed by atoms with Gasteiger partial charge in [-0.2, -0.15) is 5.10 Å². The van der Waals surface area contributed by atoms with Gasteiger partial charge in [-0.3, -0.25) is 19.3 Å². The summed E-state index contributed by atoms with van der Waals surface area (Å²) in [7, 11) is 3.78. The third-order valence-corrected chi connectivity index (χ3v) is 5.53. The minimum Gasteiger partial charge on any atom is -0.290 e. The number of carbonyl (C=O) groups excluding carboxylic acids is 1. The number of hydrogen-bond acceptors (Lipinski definition) is 5. The SMILES string of the molecule is Cc1nn(C)c(C)c1[C@@H]1CCCN1CC(=O)N(C)c1nccs1. The number of likely N-dealkylation sites (N-methyl/N-ethyl adjacent to an activating group) is 1. The standard InChI is InChI=1S/C16H23N5OS/c1-11-15(12(2)20(4)18-11)13-6-5-8-21(13)10-14(22)19(3)16-17-7-9-23-16/h7,9,13H,5-6,8,10H2,1-4H3/t13-/m0/s1. The van der Waals surface area contributed by atoms with E-state index in [4.69, 9.17) is 0 Å². The lowest BCUT2D eigenvalue weighted by molar-refractivity contribution is -0.119. The predicted octanol–water partition coefficient (Wildman–Crippen LogP) is 2.29. The van der Waals surface area contributed by atoms with Gasteiger partial charge in [0, 0.05) is 43.0 Å². The molecule has 23 heavy (non-hydrogen) atoms. The van der Waals surface area contributed by atoms with E-state index >= 15 is 0 Å². The van der Waals surface area contributed by atoms with Crippen LogP contribution in [0.3, 0.4) is 0 Å². The average molecular weight is 333 g/mol. The van der Waals surface area contributed by atoms with Gasteiger partial charge >= 0.3 is 0 Å². The van der Waals surface area contributed by atoms with E-state index in [0.29, 0.717) is 6.54 Å². The van der Waals surface area contributed by atoms with Gasteiger partial charge in [-0.05, 0) is 33.2 Å². The zero-order chi connectivity index (χ0) is 16.6. The van der Waals surface area contributed by atoms with Crippen LogP contribution < -0.4 is 4.90 Å². The van der Waals surface area contributed by atoms with Gasteiger partial charge in [0.1, 0.15) is 0 Å². The molecule has 1 fully saturated rings. The Kier molecular flexibility index (Phi) is 4.50. The predicted molar refractivity (Wildman–Crippen MR) is 91.8 cm³/mol. The van der Waals surface area contributed by atoms with E-state index in [0.717, 1.165) is 30.2 Å². The van der Waals surface area contributed by atoms with Gasteiger partial charge in [0.2, 0.25) is 5.91 Å². The Bertz CT molecular complexity index is 694. The molecular formula is C16H23N5OS. The van der Waals surface area contributed by atoms with Gasteiger partial charge < -0.3 is 0 Å². The van der Waals surface area contributed by atoms with E-state index in [9.17, 15) is 4.79 Å². The zero-order valence-corrected chi connectivity index (χ0v) is 14.9. The van der Waals surface area contributed by atoms with Crippen LogP contribution in [0.1, 0.15) is 35.8 Å². The fourth-order valence-corrected chi connectivity index (χ4v) is 4.01. The van der Waals surface area contributed by atoms with E-state index in [1.54, 1.807) is 18.1 Å². The molecule has 3 heterocycles. The summed E-state index contributed by atoms with van der Waals surface area (Å²) in [4.78, 5) is 20.7. The molecule has 0 radical (unpaired) electrons. The zero-order valence-electron chi connectivity index (χ0n) is 14.1. The van der Waals surface area contributed by atoms with E-state index < -0.39 is 0 Å². The number of anilines is 1. The molecule has 1 saturated heterocycles. The number of amides is 1. The lowest BCUT2D eigenvalue weighted by Gasteiger charge is -2.26. The lowest BCUT2D eigenvalue weighted by atomic mass is 10.0. The largest absolute Gasteiger partial charge is 0.290 e. The van der Waals surface area contributed by atoms with Gasteiger partial charge in [0.15, 0.2) is 5.13 Å². The maximum Gasteiger partial charge on any atom is 0.242 e. The molecule has 1 aliphatic rings. The molecule has 0 bridgehead atoms. The Morgan fingerprint density at radius 2 is 2.26 bits per heavy atom. The van der Waals surface area contributed by atoms with Gasteiger partial charge in [0.25, 0.3) is 0 Å². The number of likely N-dealkylation sites (tertiary alicyclic amines) is 1. The molecule has 0 aliphatic carbocycles. The maximum absolute atomic E-state index is 12.6. The molecule has 0 N–H and O–H groups in total. The van der Waals surface area contributed by atoms with Gasteiger partial charge in [-0.1, -0.05) is 0 Å². The molecule has 0 aromatic carbocycles. The van der Waals surface area contributed by atoms with Crippen molar-refractivity contribution in [3.63, 3.8) is 0 Å². The number of hydrogen-bond donors (Lipinski definition) is 0. The Labute approximate surface area is 140 Å². The van der Waals surface area contributed by atoms with Crippen LogP contribution in [0, 0.1) is 13.8 Å². The van der Waals surface area contributed by atoms with Crippen LogP contribution in [-0.2, 0) is 11.8 Å². The van der Waals surface area contributed by atoms with Crippen molar-refractivity contribution in [1.82, 2.24) is 19.7 Å². The maximum atomic E-state index is 12.6. The van der Waals surface area contributed by atoms with Crippen LogP contribution in [0.2, 0.25) is 0 Å². The lowest BCUT2D eigenvalue weighted by Crippen LogP contribution is -2.38. The third-order valence-electron chi connectivity index (χ3n) is 4.68. The molecule has 3 rings (SSSR count). The molecule has 0 unspecified atom stereocenters. The first-order valence-corrected chi connectivity index (χ1v) is 8.77. The first-order chi connectivity index (χ1) is 11.0. The minimum absolute atomic E-state index is 0.0889. The number of aromatic nitrogens is 3. The Hall–Kier alpha value is -1.73. The molecule has 2 aromatic heterocycles. The Morgan fingerprint density at radius 3 is 2.87 bits per heavy atom. The summed E-state index contributed by atoms with van der Waals surface area (Å²) in [5.74, 6) is 0.0889. The number of aryl methyl sites for hydroxylation is 2. The van der Waals surface area contributed by atoms with Crippen LogP contribution in [0.4, 0.5) is 5.13 Å². The number of rotatable bonds is 4. The molecular weight excluding hydrogens is 310 g/mol. The summed E-state index contributed by atoms with van der Waals surface area (Å²) in [5, 5.41) is 7.17. The van der Waals surface area contributed by atoms with Crippen molar-refractivity contribution in [2.75, 3.05) is 25.0 Å². The summed E-state index contributed by atoms with van der Waals surface area (Å²) in [5.41, 5.74) is 3.55. The van der Waals surface area contributed by atoms with E-state index in [-0.39, 0.29) is 11.9 Å². The van der Waals surface area contributed by atoms with Crippen molar-refractivity contribution in [3.8, 4) is 0 Å². The monoisotopic (exact) mass is 333 g/mol. The summed E-state index contributed by atoms with van der Waals surface area (Å²) in [6.07, 6.45) is 3.93. The number of nitrogens with zero attached hydrogens (tertiary/aromatic N) is 5. The van der Waals surface area contributed by atoms with Crippen molar-refractivity contribution in [2.24, 2.45) is 7.05 Å². The highest BCUT2D eigenvalue weighted by atomic mass is 32.1. The molecule has 0 saturated carbocycles. The van der Waals surface area contributed by atoms with Crippen molar-refractivity contribution in [2.45, 2.75) is 32.7 Å². The van der Waals surface area contributed by atoms with Crippen LogP contribution >= 0.6 is 11.3 Å². The average Bonchev–Trinajstić information content (AvgIpc) is 3.22. The number of thiazole rings is 1. The molecule has 0 spiro atoms. The normalized spacial score (nSPS) is 18.5. The highest BCUT2D eigenvalue weighted by Crippen LogP contribution is 2.35. The van der Waals surface area contributed by atoms with Crippen LogP contribution in [0.25, 0.3) is 0 Å². The minimum atomic E-state index is 0.0889. The quantitative estimate of drug-likeness (QED) is 0.861. The molecule has 6 nitrogen and oxygen atoms in total. The second kappa shape index (κ2) is 6.41. The summed E-state index contributed by atoms with van der Waals surface area (Å²) in [6, 6.07) is 0.289. The first kappa shape index (κ1) is 16.1. The van der Waals surface area contributed by atoms with E-state index in [2.05, 4.69) is 28.8 Å². The van der Waals surface area contributed by atoms with Gasteiger partial charge in [-0.15, -0.1) is 11.3 Å². The van der Waals surface area contributed by atoms with E-state index in [1.165, 1.54) is 22.6 Å². The third kappa shape index (κ3) is 3.03. The van der Waals surface area contributed by atoms with Crippen LogP contribution in [0.15, 0.2) is 11.6 Å². The molecule has 7 heteroatoms. The first-order valence-electron chi connectivity index (χ1n) is 7.89. The highest BCUT2D eigenvalue weighted by molar-refractivity contribution is 7.13. The molecule has 1 atom stereocenters. The summed E-state index contributed by atoms with van der Waals surface area (Å²) >= 11 is 1.48. The smallest absolute Gasteiger partial charge is 0.242 e. The Balaban J connectivity index is 1.76. The van der Waals surface area contributed by atoms with Crippen molar-refractivity contribution in [1.29, 1.82) is 0 Å². The number of carbonyl (C=O) groups is 1. The van der Waals surface area contributed by atoms with Crippen LogP contribution in [0.5, 0.6) is 0 Å². The van der Waals surface area contributed by atoms with Gasteiger partial charge in [0.05, 0.1) is 12.2 Å².